The van der Waals surface area contributed by atoms with Gasteiger partial charge >= 0.3 is 5.97 Å². The summed E-state index contributed by atoms with van der Waals surface area (Å²) in [6.07, 6.45) is 0. The maximum Gasteiger partial charge on any atom is 0.339 e. The maximum atomic E-state index is 13.1. The molecule has 0 radical (unpaired) electrons. The van der Waals surface area contributed by atoms with Gasteiger partial charge in [0.2, 0.25) is 0 Å². The zero-order valence-electron chi connectivity index (χ0n) is 7.31. The van der Waals surface area contributed by atoms with E-state index in [-0.39, 0.29) is 17.0 Å². The van der Waals surface area contributed by atoms with Gasteiger partial charge in [0.1, 0.15) is 5.82 Å². The monoisotopic (exact) mass is 280 g/mol. The molecule has 2 nitrogen and oxygen atoms in total. The first kappa shape index (κ1) is 11.5. The molecule has 0 unspecified atom stereocenters. The van der Waals surface area contributed by atoms with Crippen LogP contribution in [0.2, 0.25) is 0 Å². The predicted molar refractivity (Wildman–Crippen MR) is 55.0 cm³/mol. The molecule has 5 heteroatoms. The minimum Gasteiger partial charge on any atom is -0.465 e. The number of hydrogen-bond acceptors (Lipinski definition) is 2. The number of benzene rings is 1. The zero-order valence-corrected chi connectivity index (χ0v) is 9.65. The van der Waals surface area contributed by atoms with Crippen LogP contribution in [0.15, 0.2) is 16.6 Å². The summed E-state index contributed by atoms with van der Waals surface area (Å²) >= 11 is 8.56. The Bertz CT molecular complexity index is 368. The van der Waals surface area contributed by atoms with Gasteiger partial charge < -0.3 is 4.74 Å². The molecule has 0 saturated carbocycles. The minimum absolute atomic E-state index is 0.0170. The van der Waals surface area contributed by atoms with Crippen LogP contribution in [0, 0.1) is 5.82 Å². The third-order valence-electron chi connectivity index (χ3n) is 1.69. The number of alkyl halides is 1. The topological polar surface area (TPSA) is 26.3 Å². The highest BCUT2D eigenvalue weighted by atomic mass is 79.9. The van der Waals surface area contributed by atoms with Gasteiger partial charge in [-0.05, 0) is 28.1 Å². The van der Waals surface area contributed by atoms with E-state index in [4.69, 9.17) is 11.6 Å². The molecule has 1 rings (SSSR count). The molecule has 76 valence electrons. The van der Waals surface area contributed by atoms with E-state index in [1.54, 1.807) is 0 Å². The van der Waals surface area contributed by atoms with E-state index in [0.717, 1.165) is 0 Å². The zero-order chi connectivity index (χ0) is 10.7. The molecule has 0 saturated heterocycles. The Morgan fingerprint density at radius 1 is 1.64 bits per heavy atom. The lowest BCUT2D eigenvalue weighted by Crippen LogP contribution is -2.04. The highest BCUT2D eigenvalue weighted by Gasteiger charge is 2.14. The fourth-order valence-corrected chi connectivity index (χ4v) is 1.64. The van der Waals surface area contributed by atoms with E-state index in [1.165, 1.54) is 19.2 Å². The van der Waals surface area contributed by atoms with Crippen molar-refractivity contribution >= 4 is 33.5 Å². The van der Waals surface area contributed by atoms with Crippen molar-refractivity contribution in [3.05, 3.63) is 33.5 Å². The largest absolute Gasteiger partial charge is 0.465 e. The molecule has 0 heterocycles. The van der Waals surface area contributed by atoms with Gasteiger partial charge in [0.05, 0.1) is 18.6 Å². The number of ether oxygens (including phenoxy) is 1. The molecule has 1 aromatic rings. The summed E-state index contributed by atoms with van der Waals surface area (Å²) in [5.41, 5.74) is 0.541. The number of esters is 1. The molecule has 1 aromatic carbocycles. The standard InChI is InChI=1S/C9H7BrClFO2/c1-14-9(13)6-2-5(4-11)8(12)3-7(6)10/h2-3H,4H2,1H3. The molecular formula is C9H7BrClFO2. The smallest absolute Gasteiger partial charge is 0.339 e. The van der Waals surface area contributed by atoms with Crippen molar-refractivity contribution in [2.75, 3.05) is 7.11 Å². The number of hydrogen-bond donors (Lipinski definition) is 0. The third-order valence-corrected chi connectivity index (χ3v) is 2.63. The Kier molecular flexibility index (Phi) is 3.89. The van der Waals surface area contributed by atoms with Gasteiger partial charge in [-0.25, -0.2) is 9.18 Å². The van der Waals surface area contributed by atoms with Gasteiger partial charge in [-0.2, -0.15) is 0 Å². The molecule has 0 aromatic heterocycles. The predicted octanol–water partition coefficient (Wildman–Crippen LogP) is 3.11. The van der Waals surface area contributed by atoms with Crippen molar-refractivity contribution in [2.45, 2.75) is 5.88 Å². The van der Waals surface area contributed by atoms with E-state index in [0.29, 0.717) is 4.47 Å². The van der Waals surface area contributed by atoms with Crippen LogP contribution in [0.25, 0.3) is 0 Å². The highest BCUT2D eigenvalue weighted by molar-refractivity contribution is 9.10. The summed E-state index contributed by atoms with van der Waals surface area (Å²) in [7, 11) is 1.26. The van der Waals surface area contributed by atoms with Gasteiger partial charge in [-0.1, -0.05) is 0 Å². The van der Waals surface area contributed by atoms with Crippen molar-refractivity contribution in [1.82, 2.24) is 0 Å². The molecule has 0 amide bonds. The van der Waals surface area contributed by atoms with Crippen molar-refractivity contribution in [3.8, 4) is 0 Å². The van der Waals surface area contributed by atoms with Crippen molar-refractivity contribution < 1.29 is 13.9 Å². The fourth-order valence-electron chi connectivity index (χ4n) is 0.963. The minimum atomic E-state index is -0.525. The molecule has 0 aliphatic rings. The van der Waals surface area contributed by atoms with Gasteiger partial charge in [0, 0.05) is 10.0 Å². The fraction of sp³-hybridized carbons (Fsp3) is 0.222. The lowest BCUT2D eigenvalue weighted by Gasteiger charge is -2.05. The van der Waals surface area contributed by atoms with Crippen LogP contribution in [0.5, 0.6) is 0 Å². The number of carbonyl (C=O) groups is 1. The van der Waals surface area contributed by atoms with E-state index in [9.17, 15) is 9.18 Å². The van der Waals surface area contributed by atoms with Crippen LogP contribution in [-0.2, 0) is 10.6 Å². The van der Waals surface area contributed by atoms with E-state index >= 15 is 0 Å². The van der Waals surface area contributed by atoms with Crippen molar-refractivity contribution in [2.24, 2.45) is 0 Å². The van der Waals surface area contributed by atoms with Crippen molar-refractivity contribution in [1.29, 1.82) is 0 Å². The molecule has 0 fully saturated rings. The molecule has 0 aliphatic carbocycles. The number of rotatable bonds is 2. The first-order chi connectivity index (χ1) is 6.60. The Morgan fingerprint density at radius 3 is 2.79 bits per heavy atom. The van der Waals surface area contributed by atoms with E-state index in [1.807, 2.05) is 0 Å². The van der Waals surface area contributed by atoms with Gasteiger partial charge in [0.15, 0.2) is 0 Å². The van der Waals surface area contributed by atoms with Crippen LogP contribution in [-0.4, -0.2) is 13.1 Å². The quantitative estimate of drug-likeness (QED) is 0.615. The first-order valence-corrected chi connectivity index (χ1v) is 5.05. The van der Waals surface area contributed by atoms with Gasteiger partial charge in [-0.15, -0.1) is 11.6 Å². The Morgan fingerprint density at radius 2 is 2.29 bits per heavy atom. The lowest BCUT2D eigenvalue weighted by atomic mass is 10.1. The Labute approximate surface area is 94.1 Å². The van der Waals surface area contributed by atoms with Gasteiger partial charge in [-0.3, -0.25) is 0 Å². The lowest BCUT2D eigenvalue weighted by molar-refractivity contribution is 0.0599. The maximum absolute atomic E-state index is 13.1. The average Bonchev–Trinajstić information content (AvgIpc) is 2.17. The summed E-state index contributed by atoms with van der Waals surface area (Å²) in [5.74, 6) is -0.953. The van der Waals surface area contributed by atoms with Crippen LogP contribution in [0.1, 0.15) is 15.9 Å². The second-order valence-corrected chi connectivity index (χ2v) is 3.67. The highest BCUT2D eigenvalue weighted by Crippen LogP contribution is 2.23. The van der Waals surface area contributed by atoms with Crippen LogP contribution in [0.3, 0.4) is 0 Å². The molecule has 0 N–H and O–H groups in total. The Balaban J connectivity index is 3.24. The molecule has 0 bridgehead atoms. The normalized spacial score (nSPS) is 10.0. The summed E-state index contributed by atoms with van der Waals surface area (Å²) in [6, 6.07) is 2.57. The van der Waals surface area contributed by atoms with E-state index < -0.39 is 11.8 Å². The Hall–Kier alpha value is -0.610. The second-order valence-electron chi connectivity index (χ2n) is 2.55. The summed E-state index contributed by atoms with van der Waals surface area (Å²) in [4.78, 5) is 11.2. The molecule has 0 spiro atoms. The average molecular weight is 282 g/mol. The molecular weight excluding hydrogens is 274 g/mol. The van der Waals surface area contributed by atoms with Crippen LogP contribution >= 0.6 is 27.5 Å². The first-order valence-electron chi connectivity index (χ1n) is 3.72. The molecule has 0 atom stereocenters. The SMILES string of the molecule is COC(=O)c1cc(CCl)c(F)cc1Br. The third kappa shape index (κ3) is 2.25. The molecule has 0 aliphatic heterocycles. The second kappa shape index (κ2) is 4.75. The summed E-state index contributed by atoms with van der Waals surface area (Å²) < 4.78 is 18.0. The van der Waals surface area contributed by atoms with Crippen molar-refractivity contribution in [3.63, 3.8) is 0 Å². The van der Waals surface area contributed by atoms with Gasteiger partial charge in [0.25, 0.3) is 0 Å². The van der Waals surface area contributed by atoms with E-state index in [2.05, 4.69) is 20.7 Å². The number of methoxy groups -OCH3 is 1. The molecule has 14 heavy (non-hydrogen) atoms. The summed E-state index contributed by atoms with van der Waals surface area (Å²) in [5, 5.41) is 0. The number of carbonyl (C=O) groups excluding carboxylic acids is 1. The number of halogens is 3. The van der Waals surface area contributed by atoms with Crippen LogP contribution < -0.4 is 0 Å². The van der Waals surface area contributed by atoms with Crippen LogP contribution in [0.4, 0.5) is 4.39 Å². The summed E-state index contributed by atoms with van der Waals surface area (Å²) in [6.45, 7) is 0.